The van der Waals surface area contributed by atoms with Crippen molar-refractivity contribution in [2.24, 2.45) is 11.7 Å². The van der Waals surface area contributed by atoms with Crippen molar-refractivity contribution < 1.29 is 13.2 Å². The second-order valence-corrected chi connectivity index (χ2v) is 7.95. The fourth-order valence-corrected chi connectivity index (χ4v) is 4.02. The fourth-order valence-electron chi connectivity index (χ4n) is 2.89. The maximum Gasteiger partial charge on any atom is 0.232 e. The van der Waals surface area contributed by atoms with Crippen molar-refractivity contribution in [3.05, 3.63) is 24.3 Å². The second-order valence-electron chi connectivity index (χ2n) is 6.11. The predicted octanol–water partition coefficient (Wildman–Crippen LogP) is 2.72. The van der Waals surface area contributed by atoms with E-state index in [1.807, 2.05) is 6.92 Å². The molecule has 0 bridgehead atoms. The van der Waals surface area contributed by atoms with Gasteiger partial charge in [0.2, 0.25) is 15.9 Å². The van der Waals surface area contributed by atoms with E-state index >= 15 is 0 Å². The zero-order valence-electron chi connectivity index (χ0n) is 13.8. The Kier molecular flexibility index (Phi) is 7.99. The minimum Gasteiger partial charge on any atom is -0.327 e. The lowest BCUT2D eigenvalue weighted by Crippen LogP contribution is -2.28. The maximum atomic E-state index is 12.0. The number of benzene rings is 1. The van der Waals surface area contributed by atoms with Crippen molar-refractivity contribution in [3.63, 3.8) is 0 Å². The number of carbonyl (C=O) groups excluding carboxylic acids is 1. The largest absolute Gasteiger partial charge is 0.327 e. The number of nitrogens with two attached hydrogens (primary N) is 1. The van der Waals surface area contributed by atoms with Crippen molar-refractivity contribution in [1.82, 2.24) is 0 Å². The smallest absolute Gasteiger partial charge is 0.232 e. The normalized spacial score (nSPS) is 20.2. The van der Waals surface area contributed by atoms with E-state index < -0.39 is 10.0 Å². The summed E-state index contributed by atoms with van der Waals surface area (Å²) in [6, 6.07) is 6.79. The summed E-state index contributed by atoms with van der Waals surface area (Å²) >= 11 is 0. The highest BCUT2D eigenvalue weighted by atomic mass is 35.5. The minimum atomic E-state index is -3.29. The van der Waals surface area contributed by atoms with Crippen LogP contribution in [0.2, 0.25) is 0 Å². The van der Waals surface area contributed by atoms with E-state index in [0.29, 0.717) is 24.2 Å². The molecule has 24 heavy (non-hydrogen) atoms. The molecule has 2 atom stereocenters. The number of hydrogen-bond donors (Lipinski definition) is 3. The molecule has 1 aliphatic rings. The highest BCUT2D eigenvalue weighted by Gasteiger charge is 2.25. The highest BCUT2D eigenvalue weighted by molar-refractivity contribution is 7.92. The number of nitrogens with one attached hydrogen (secondary N) is 2. The highest BCUT2D eigenvalue weighted by Crippen LogP contribution is 2.27. The number of amides is 1. The van der Waals surface area contributed by atoms with Crippen LogP contribution in [0.3, 0.4) is 0 Å². The van der Waals surface area contributed by atoms with Gasteiger partial charge in [-0.05, 0) is 49.4 Å². The molecule has 0 unspecified atom stereocenters. The molecule has 6 nitrogen and oxygen atoms in total. The number of hydrogen-bond acceptors (Lipinski definition) is 4. The van der Waals surface area contributed by atoms with Gasteiger partial charge in [-0.3, -0.25) is 9.52 Å². The lowest BCUT2D eigenvalue weighted by atomic mass is 10.00. The molecule has 0 radical (unpaired) electrons. The molecule has 0 spiro atoms. The van der Waals surface area contributed by atoms with Gasteiger partial charge in [-0.25, -0.2) is 8.42 Å². The molecule has 0 heterocycles. The first-order chi connectivity index (χ1) is 10.9. The third kappa shape index (κ3) is 6.30. The first-order valence-corrected chi connectivity index (χ1v) is 9.71. The van der Waals surface area contributed by atoms with Crippen LogP contribution in [0.25, 0.3) is 0 Å². The van der Waals surface area contributed by atoms with Gasteiger partial charge in [0, 0.05) is 23.8 Å². The van der Waals surface area contributed by atoms with Crippen LogP contribution in [0.15, 0.2) is 24.3 Å². The number of rotatable bonds is 7. The Hall–Kier alpha value is -1.31. The molecule has 8 heteroatoms. The van der Waals surface area contributed by atoms with Crippen LogP contribution in [0.1, 0.15) is 39.0 Å². The molecule has 0 saturated heterocycles. The summed E-state index contributed by atoms with van der Waals surface area (Å²) in [5, 5.41) is 2.83. The van der Waals surface area contributed by atoms with E-state index in [-0.39, 0.29) is 36.0 Å². The molecular weight excluding hydrogens is 350 g/mol. The zero-order chi connectivity index (χ0) is 16.9. The van der Waals surface area contributed by atoms with E-state index in [1.54, 1.807) is 24.3 Å². The summed E-state index contributed by atoms with van der Waals surface area (Å²) in [6.07, 6.45) is 4.09. The van der Waals surface area contributed by atoms with Gasteiger partial charge in [0.05, 0.1) is 5.75 Å². The Balaban J connectivity index is 0.00000288. The summed E-state index contributed by atoms with van der Waals surface area (Å²) in [5.74, 6) is 0.300. The van der Waals surface area contributed by atoms with Gasteiger partial charge in [-0.1, -0.05) is 13.3 Å². The molecule has 4 N–H and O–H groups in total. The lowest BCUT2D eigenvalue weighted by Gasteiger charge is -2.15. The molecule has 0 aromatic heterocycles. The Morgan fingerprint density at radius 3 is 2.38 bits per heavy atom. The summed E-state index contributed by atoms with van der Waals surface area (Å²) < 4.78 is 25.9. The van der Waals surface area contributed by atoms with Crippen LogP contribution in [-0.4, -0.2) is 26.1 Å². The van der Waals surface area contributed by atoms with E-state index in [2.05, 4.69) is 10.0 Å². The van der Waals surface area contributed by atoms with Crippen molar-refractivity contribution in [3.8, 4) is 0 Å². The van der Waals surface area contributed by atoms with Gasteiger partial charge in [0.1, 0.15) is 0 Å². The van der Waals surface area contributed by atoms with Crippen LogP contribution < -0.4 is 15.8 Å². The van der Waals surface area contributed by atoms with Crippen LogP contribution >= 0.6 is 12.4 Å². The van der Waals surface area contributed by atoms with Gasteiger partial charge >= 0.3 is 0 Å². The molecule has 136 valence electrons. The van der Waals surface area contributed by atoms with Gasteiger partial charge in [-0.15, -0.1) is 12.4 Å². The van der Waals surface area contributed by atoms with Crippen molar-refractivity contribution in [2.45, 2.75) is 45.1 Å². The first-order valence-electron chi connectivity index (χ1n) is 8.05. The Morgan fingerprint density at radius 1 is 1.21 bits per heavy atom. The summed E-state index contributed by atoms with van der Waals surface area (Å²) in [5.41, 5.74) is 7.13. The molecule has 1 aliphatic carbocycles. The van der Waals surface area contributed by atoms with Gasteiger partial charge in [-0.2, -0.15) is 0 Å². The fraction of sp³-hybridized carbons (Fsp3) is 0.562. The maximum absolute atomic E-state index is 12.0. The van der Waals surface area contributed by atoms with Crippen molar-refractivity contribution in [1.29, 1.82) is 0 Å². The Morgan fingerprint density at radius 2 is 1.83 bits per heavy atom. The van der Waals surface area contributed by atoms with Gasteiger partial charge in [0.15, 0.2) is 0 Å². The van der Waals surface area contributed by atoms with Crippen LogP contribution in [0, 0.1) is 5.92 Å². The molecule has 1 fully saturated rings. The van der Waals surface area contributed by atoms with E-state index in [4.69, 9.17) is 5.73 Å². The molecule has 2 rings (SSSR count). The van der Waals surface area contributed by atoms with E-state index in [1.165, 1.54) is 0 Å². The number of anilines is 2. The summed E-state index contributed by atoms with van der Waals surface area (Å²) in [4.78, 5) is 12.0. The van der Waals surface area contributed by atoms with E-state index in [9.17, 15) is 13.2 Å². The first kappa shape index (κ1) is 20.7. The average molecular weight is 376 g/mol. The van der Waals surface area contributed by atoms with Crippen LogP contribution in [-0.2, 0) is 14.8 Å². The third-order valence-electron chi connectivity index (χ3n) is 4.08. The summed E-state index contributed by atoms with van der Waals surface area (Å²) in [6.45, 7) is 1.81. The SMILES string of the molecule is CCCS(=O)(=O)Nc1ccc(NC(=O)C[C@@H]2CCC[C@H]2N)cc1.Cl. The lowest BCUT2D eigenvalue weighted by molar-refractivity contribution is -0.117. The second kappa shape index (κ2) is 9.25. The number of halogens is 1. The number of carbonyl (C=O) groups is 1. The zero-order valence-corrected chi connectivity index (χ0v) is 15.5. The molecular formula is C16H26ClN3O3S. The Bertz CT molecular complexity index is 634. The minimum absolute atomic E-state index is 0. The molecule has 1 aromatic carbocycles. The topological polar surface area (TPSA) is 101 Å². The summed E-state index contributed by atoms with van der Waals surface area (Å²) in [7, 11) is -3.29. The molecule has 1 aromatic rings. The van der Waals surface area contributed by atoms with Crippen LogP contribution in [0.5, 0.6) is 0 Å². The van der Waals surface area contributed by atoms with Gasteiger partial charge < -0.3 is 11.1 Å². The average Bonchev–Trinajstić information content (AvgIpc) is 2.86. The standard InChI is InChI=1S/C16H25N3O3S.ClH/c1-2-10-23(21,22)19-14-8-6-13(7-9-14)18-16(20)11-12-4-3-5-15(12)17;/h6-9,12,15,19H,2-5,10-11,17H2,1H3,(H,18,20);1H/t12-,15+;/m0./s1. The molecule has 1 saturated carbocycles. The quantitative estimate of drug-likeness (QED) is 0.681. The Labute approximate surface area is 150 Å². The molecule has 0 aliphatic heterocycles. The predicted molar refractivity (Wildman–Crippen MR) is 100.0 cm³/mol. The third-order valence-corrected chi connectivity index (χ3v) is 5.57. The van der Waals surface area contributed by atoms with Gasteiger partial charge in [0.25, 0.3) is 0 Å². The van der Waals surface area contributed by atoms with E-state index in [0.717, 1.165) is 19.3 Å². The molecule has 1 amide bonds. The van der Waals surface area contributed by atoms with Crippen LogP contribution in [0.4, 0.5) is 11.4 Å². The van der Waals surface area contributed by atoms with Crippen molar-refractivity contribution in [2.75, 3.05) is 15.8 Å². The van der Waals surface area contributed by atoms with Crippen molar-refractivity contribution >= 4 is 39.7 Å². The number of sulfonamides is 1. The monoisotopic (exact) mass is 375 g/mol.